The molecule has 112 valence electrons. The number of aromatic nitrogens is 1. The summed E-state index contributed by atoms with van der Waals surface area (Å²) in [6.45, 7) is 0.818. The number of hydrogen-bond donors (Lipinski definition) is 2. The highest BCUT2D eigenvalue weighted by Gasteiger charge is 2.30. The van der Waals surface area contributed by atoms with Crippen LogP contribution in [0.2, 0.25) is 0 Å². The highest BCUT2D eigenvalue weighted by Crippen LogP contribution is 2.33. The van der Waals surface area contributed by atoms with Crippen LogP contribution in [0.25, 0.3) is 10.9 Å². The van der Waals surface area contributed by atoms with Crippen LogP contribution in [0, 0.1) is 0 Å². The van der Waals surface area contributed by atoms with Gasteiger partial charge in [-0.05, 0) is 59.5 Å². The molecule has 5 heteroatoms. The van der Waals surface area contributed by atoms with Crippen LogP contribution in [0.5, 0.6) is 0 Å². The first-order chi connectivity index (χ1) is 10.8. The normalized spacial score (nSPS) is 18.0. The fraction of sp³-hybridized carbons (Fsp3) is 0.235. The van der Waals surface area contributed by atoms with Gasteiger partial charge in [0.15, 0.2) is 0 Å². The van der Waals surface area contributed by atoms with Gasteiger partial charge in [0, 0.05) is 29.3 Å². The first-order valence-electron chi connectivity index (χ1n) is 7.48. The summed E-state index contributed by atoms with van der Waals surface area (Å²) >= 11 is 1.68. The molecule has 1 aliphatic rings. The molecular formula is C17H17N3OS. The van der Waals surface area contributed by atoms with Gasteiger partial charge >= 0.3 is 6.03 Å². The van der Waals surface area contributed by atoms with E-state index in [4.69, 9.17) is 0 Å². The van der Waals surface area contributed by atoms with E-state index in [1.54, 1.807) is 11.3 Å². The summed E-state index contributed by atoms with van der Waals surface area (Å²) in [5.74, 6) is 0. The standard InChI is InChI=1S/C17H17N3OS/c21-17(19-14-3-4-15-12(10-14)5-7-18-15)20-8-1-2-16(20)13-6-9-22-11-13/h3-7,9-11,16,18H,1-2,8H2,(H,19,21)/t16-/m1/s1. The molecular weight excluding hydrogens is 294 g/mol. The second kappa shape index (κ2) is 5.50. The maximum atomic E-state index is 12.6. The topological polar surface area (TPSA) is 48.1 Å². The Bertz CT molecular complexity index is 793. The molecule has 0 radical (unpaired) electrons. The van der Waals surface area contributed by atoms with Crippen molar-refractivity contribution in [3.63, 3.8) is 0 Å². The van der Waals surface area contributed by atoms with Crippen molar-refractivity contribution in [2.75, 3.05) is 11.9 Å². The van der Waals surface area contributed by atoms with Crippen LogP contribution >= 0.6 is 11.3 Å². The number of urea groups is 1. The van der Waals surface area contributed by atoms with Crippen LogP contribution in [0.4, 0.5) is 10.5 Å². The number of carbonyl (C=O) groups excluding carboxylic acids is 1. The zero-order valence-corrected chi connectivity index (χ0v) is 12.9. The van der Waals surface area contributed by atoms with Crippen LogP contribution in [-0.2, 0) is 0 Å². The number of hydrogen-bond acceptors (Lipinski definition) is 2. The number of nitrogens with one attached hydrogen (secondary N) is 2. The summed E-state index contributed by atoms with van der Waals surface area (Å²) in [5, 5.41) is 8.35. The minimum absolute atomic E-state index is 0.0106. The maximum Gasteiger partial charge on any atom is 0.322 e. The largest absolute Gasteiger partial charge is 0.361 e. The fourth-order valence-electron chi connectivity index (χ4n) is 3.15. The lowest BCUT2D eigenvalue weighted by Gasteiger charge is -2.24. The predicted molar refractivity (Wildman–Crippen MR) is 90.3 cm³/mol. The third-order valence-electron chi connectivity index (χ3n) is 4.25. The average Bonchev–Trinajstić information content (AvgIpc) is 3.26. The monoisotopic (exact) mass is 311 g/mol. The molecule has 3 heterocycles. The number of nitrogens with zero attached hydrogens (tertiary/aromatic N) is 1. The van der Waals surface area contributed by atoms with E-state index in [0.717, 1.165) is 36.0 Å². The Kier molecular flexibility index (Phi) is 3.35. The Morgan fingerprint density at radius 2 is 2.27 bits per heavy atom. The molecule has 0 spiro atoms. The lowest BCUT2D eigenvalue weighted by Crippen LogP contribution is -2.34. The maximum absolute atomic E-state index is 12.6. The second-order valence-corrected chi connectivity index (χ2v) is 6.40. The second-order valence-electron chi connectivity index (χ2n) is 5.62. The molecule has 3 aromatic rings. The molecule has 2 amide bonds. The molecule has 1 fully saturated rings. The Hall–Kier alpha value is -2.27. The number of likely N-dealkylation sites (tertiary alicyclic amines) is 1. The Balaban J connectivity index is 1.53. The van der Waals surface area contributed by atoms with Crippen molar-refractivity contribution < 1.29 is 4.79 Å². The van der Waals surface area contributed by atoms with Gasteiger partial charge in [-0.2, -0.15) is 11.3 Å². The van der Waals surface area contributed by atoms with Crippen molar-refractivity contribution in [1.82, 2.24) is 9.88 Å². The van der Waals surface area contributed by atoms with E-state index in [9.17, 15) is 4.79 Å². The lowest BCUT2D eigenvalue weighted by atomic mass is 10.1. The van der Waals surface area contributed by atoms with Gasteiger partial charge in [-0.25, -0.2) is 4.79 Å². The van der Waals surface area contributed by atoms with Crippen molar-refractivity contribution in [3.05, 3.63) is 52.9 Å². The summed E-state index contributed by atoms with van der Waals surface area (Å²) < 4.78 is 0. The molecule has 4 nitrogen and oxygen atoms in total. The van der Waals surface area contributed by atoms with Gasteiger partial charge in [0.05, 0.1) is 6.04 Å². The molecule has 0 saturated carbocycles. The summed E-state index contributed by atoms with van der Waals surface area (Å²) in [6.07, 6.45) is 4.01. The molecule has 2 aromatic heterocycles. The van der Waals surface area contributed by atoms with Crippen molar-refractivity contribution in [3.8, 4) is 0 Å². The number of carbonyl (C=O) groups is 1. The Morgan fingerprint density at radius 3 is 3.14 bits per heavy atom. The SMILES string of the molecule is O=C(Nc1ccc2[nH]ccc2c1)N1CCC[C@@H]1c1ccsc1. The minimum atomic E-state index is -0.0106. The predicted octanol–water partition coefficient (Wildman–Crippen LogP) is 4.60. The number of aromatic amines is 1. The van der Waals surface area contributed by atoms with Crippen LogP contribution in [0.1, 0.15) is 24.4 Å². The van der Waals surface area contributed by atoms with Crippen LogP contribution in [0.3, 0.4) is 0 Å². The van der Waals surface area contributed by atoms with Crippen molar-refractivity contribution in [1.29, 1.82) is 0 Å². The van der Waals surface area contributed by atoms with E-state index < -0.39 is 0 Å². The minimum Gasteiger partial charge on any atom is -0.361 e. The van der Waals surface area contributed by atoms with Gasteiger partial charge < -0.3 is 15.2 Å². The molecule has 1 saturated heterocycles. The number of thiophene rings is 1. The number of anilines is 1. The van der Waals surface area contributed by atoms with Crippen molar-refractivity contribution in [2.24, 2.45) is 0 Å². The van der Waals surface area contributed by atoms with Gasteiger partial charge in [0.25, 0.3) is 0 Å². The van der Waals surface area contributed by atoms with E-state index in [1.165, 1.54) is 5.56 Å². The quantitative estimate of drug-likeness (QED) is 0.714. The average molecular weight is 311 g/mol. The molecule has 2 N–H and O–H groups in total. The van der Waals surface area contributed by atoms with Crippen molar-refractivity contribution in [2.45, 2.75) is 18.9 Å². The summed E-state index contributed by atoms with van der Waals surface area (Å²) in [7, 11) is 0. The first-order valence-corrected chi connectivity index (χ1v) is 8.42. The third kappa shape index (κ3) is 2.37. The number of rotatable bonds is 2. The first kappa shape index (κ1) is 13.4. The molecule has 0 aliphatic carbocycles. The molecule has 22 heavy (non-hydrogen) atoms. The van der Waals surface area contributed by atoms with E-state index in [2.05, 4.69) is 27.1 Å². The van der Waals surface area contributed by atoms with E-state index >= 15 is 0 Å². The smallest absolute Gasteiger partial charge is 0.322 e. The van der Waals surface area contributed by atoms with E-state index in [-0.39, 0.29) is 12.1 Å². The van der Waals surface area contributed by atoms with Crippen LogP contribution in [0.15, 0.2) is 47.3 Å². The van der Waals surface area contributed by atoms with Gasteiger partial charge in [0.1, 0.15) is 0 Å². The van der Waals surface area contributed by atoms with Gasteiger partial charge in [0.2, 0.25) is 0 Å². The van der Waals surface area contributed by atoms with E-state index in [1.807, 2.05) is 35.4 Å². The highest BCUT2D eigenvalue weighted by molar-refractivity contribution is 7.08. The summed E-state index contributed by atoms with van der Waals surface area (Å²) in [5.41, 5.74) is 3.17. The Labute approximate surface area is 132 Å². The number of H-pyrrole nitrogens is 1. The number of benzene rings is 1. The molecule has 0 bridgehead atoms. The third-order valence-corrected chi connectivity index (χ3v) is 4.95. The molecule has 1 aromatic carbocycles. The van der Waals surface area contributed by atoms with Crippen LogP contribution in [-0.4, -0.2) is 22.5 Å². The summed E-state index contributed by atoms with van der Waals surface area (Å²) in [6, 6.07) is 10.3. The molecule has 4 rings (SSSR count). The molecule has 0 unspecified atom stereocenters. The zero-order valence-electron chi connectivity index (χ0n) is 12.1. The molecule has 1 aliphatic heterocycles. The summed E-state index contributed by atoms with van der Waals surface area (Å²) in [4.78, 5) is 17.7. The van der Waals surface area contributed by atoms with Crippen LogP contribution < -0.4 is 5.32 Å². The number of amides is 2. The van der Waals surface area contributed by atoms with Gasteiger partial charge in [-0.1, -0.05) is 0 Å². The van der Waals surface area contributed by atoms with Crippen molar-refractivity contribution >= 4 is 34.0 Å². The zero-order chi connectivity index (χ0) is 14.9. The van der Waals surface area contributed by atoms with E-state index in [0.29, 0.717) is 0 Å². The number of fused-ring (bicyclic) bond motifs is 1. The van der Waals surface area contributed by atoms with Gasteiger partial charge in [-0.3, -0.25) is 0 Å². The van der Waals surface area contributed by atoms with Gasteiger partial charge in [-0.15, -0.1) is 0 Å². The Morgan fingerprint density at radius 1 is 1.32 bits per heavy atom. The lowest BCUT2D eigenvalue weighted by molar-refractivity contribution is 0.207. The highest BCUT2D eigenvalue weighted by atomic mass is 32.1. The molecule has 1 atom stereocenters. The fourth-order valence-corrected chi connectivity index (χ4v) is 3.85.